The van der Waals surface area contributed by atoms with Crippen LogP contribution in [0.2, 0.25) is 5.02 Å². The predicted octanol–water partition coefficient (Wildman–Crippen LogP) is 4.48. The van der Waals surface area contributed by atoms with Gasteiger partial charge in [-0.25, -0.2) is 8.42 Å². The molecule has 0 unspecified atom stereocenters. The van der Waals surface area contributed by atoms with Crippen LogP contribution in [-0.4, -0.2) is 31.2 Å². The van der Waals surface area contributed by atoms with Gasteiger partial charge in [0.25, 0.3) is 5.91 Å². The fourth-order valence-corrected chi connectivity index (χ4v) is 5.11. The molecule has 0 saturated carbocycles. The van der Waals surface area contributed by atoms with Gasteiger partial charge in [0.2, 0.25) is 0 Å². The second-order valence-electron chi connectivity index (χ2n) is 7.29. The van der Waals surface area contributed by atoms with Crippen molar-refractivity contribution >= 4 is 27.3 Å². The van der Waals surface area contributed by atoms with Crippen molar-refractivity contribution in [3.05, 3.63) is 88.2 Å². The van der Waals surface area contributed by atoms with Gasteiger partial charge in [0.1, 0.15) is 0 Å². The number of hydrogen-bond acceptors (Lipinski definition) is 3. The van der Waals surface area contributed by atoms with Crippen LogP contribution in [-0.2, 0) is 15.6 Å². The van der Waals surface area contributed by atoms with Gasteiger partial charge in [0, 0.05) is 28.6 Å². The molecule has 3 rings (SSSR count). The van der Waals surface area contributed by atoms with Crippen LogP contribution in [0.15, 0.2) is 60.7 Å². The van der Waals surface area contributed by atoms with E-state index in [2.05, 4.69) is 5.32 Å². The molecule has 158 valence electrons. The van der Waals surface area contributed by atoms with E-state index in [1.807, 2.05) is 60.9 Å². The standard InChI is InChI=1S/C23H25ClN2O3S/c1-17-14-22(18(2)26(17)21-11-6-10-20(24)15-21)23(27)25-12-7-13-30(28,29)16-19-8-4-3-5-9-19/h3-6,8-11,14-15H,7,12-13,16H2,1-2H3,(H,25,27). The van der Waals surface area contributed by atoms with Crippen LogP contribution in [0.4, 0.5) is 0 Å². The predicted molar refractivity (Wildman–Crippen MR) is 121 cm³/mol. The number of carbonyl (C=O) groups is 1. The minimum atomic E-state index is -3.22. The molecule has 1 heterocycles. The van der Waals surface area contributed by atoms with E-state index < -0.39 is 9.84 Å². The summed E-state index contributed by atoms with van der Waals surface area (Å²) in [6, 6.07) is 18.4. The van der Waals surface area contributed by atoms with Crippen LogP contribution in [0.3, 0.4) is 0 Å². The highest BCUT2D eigenvalue weighted by molar-refractivity contribution is 7.90. The van der Waals surface area contributed by atoms with Crippen molar-refractivity contribution < 1.29 is 13.2 Å². The smallest absolute Gasteiger partial charge is 0.253 e. The summed E-state index contributed by atoms with van der Waals surface area (Å²) in [6.45, 7) is 4.11. The molecule has 1 N–H and O–H groups in total. The maximum atomic E-state index is 12.6. The van der Waals surface area contributed by atoms with E-state index in [-0.39, 0.29) is 17.4 Å². The van der Waals surface area contributed by atoms with E-state index in [0.29, 0.717) is 23.6 Å². The van der Waals surface area contributed by atoms with E-state index in [0.717, 1.165) is 22.6 Å². The molecule has 30 heavy (non-hydrogen) atoms. The fourth-order valence-electron chi connectivity index (χ4n) is 3.49. The second-order valence-corrected chi connectivity index (χ2v) is 9.91. The minimum Gasteiger partial charge on any atom is -0.352 e. The van der Waals surface area contributed by atoms with Gasteiger partial charge in [-0.1, -0.05) is 48.0 Å². The van der Waals surface area contributed by atoms with Gasteiger partial charge < -0.3 is 9.88 Å². The molecule has 2 aromatic carbocycles. The van der Waals surface area contributed by atoms with Crippen LogP contribution in [0.1, 0.15) is 33.7 Å². The highest BCUT2D eigenvalue weighted by Crippen LogP contribution is 2.23. The van der Waals surface area contributed by atoms with E-state index in [1.165, 1.54) is 0 Å². The van der Waals surface area contributed by atoms with Crippen LogP contribution in [0.25, 0.3) is 5.69 Å². The molecule has 0 aliphatic carbocycles. The van der Waals surface area contributed by atoms with Crippen LogP contribution >= 0.6 is 11.6 Å². The highest BCUT2D eigenvalue weighted by atomic mass is 35.5. The number of nitrogens with one attached hydrogen (secondary N) is 1. The molecule has 0 fully saturated rings. The Morgan fingerprint density at radius 1 is 1.03 bits per heavy atom. The lowest BCUT2D eigenvalue weighted by atomic mass is 10.2. The normalized spacial score (nSPS) is 11.4. The zero-order chi connectivity index (χ0) is 21.7. The second kappa shape index (κ2) is 9.49. The molecule has 0 aliphatic heterocycles. The number of nitrogens with zero attached hydrogens (tertiary/aromatic N) is 1. The average molecular weight is 445 g/mol. The Morgan fingerprint density at radius 3 is 2.47 bits per heavy atom. The van der Waals surface area contributed by atoms with Crippen molar-refractivity contribution in [2.75, 3.05) is 12.3 Å². The monoisotopic (exact) mass is 444 g/mol. The number of rotatable bonds is 8. The third kappa shape index (κ3) is 5.52. The summed E-state index contributed by atoms with van der Waals surface area (Å²) in [7, 11) is -3.22. The number of hydrogen-bond donors (Lipinski definition) is 1. The zero-order valence-electron chi connectivity index (χ0n) is 17.1. The van der Waals surface area contributed by atoms with Gasteiger partial charge in [0.05, 0.1) is 17.1 Å². The van der Waals surface area contributed by atoms with Crippen molar-refractivity contribution in [3.8, 4) is 5.69 Å². The number of aromatic nitrogens is 1. The Bertz CT molecular complexity index is 1140. The molecule has 0 aliphatic rings. The maximum Gasteiger partial charge on any atom is 0.253 e. The number of aryl methyl sites for hydroxylation is 1. The molecule has 7 heteroatoms. The third-order valence-electron chi connectivity index (χ3n) is 4.89. The molecule has 0 radical (unpaired) electrons. The molecule has 0 bridgehead atoms. The van der Waals surface area contributed by atoms with E-state index in [1.54, 1.807) is 18.2 Å². The lowest BCUT2D eigenvalue weighted by Gasteiger charge is -2.10. The fraction of sp³-hybridized carbons (Fsp3) is 0.261. The SMILES string of the molecule is Cc1cc(C(=O)NCCCS(=O)(=O)Cc2ccccc2)c(C)n1-c1cccc(Cl)c1. The molecule has 0 saturated heterocycles. The Hall–Kier alpha value is -2.57. The number of carbonyl (C=O) groups excluding carboxylic acids is 1. The molecule has 3 aromatic rings. The van der Waals surface area contributed by atoms with Crippen molar-refractivity contribution in [2.45, 2.75) is 26.0 Å². The first-order valence-electron chi connectivity index (χ1n) is 9.74. The van der Waals surface area contributed by atoms with Crippen molar-refractivity contribution in [1.82, 2.24) is 9.88 Å². The van der Waals surface area contributed by atoms with Crippen LogP contribution < -0.4 is 5.32 Å². The van der Waals surface area contributed by atoms with E-state index in [4.69, 9.17) is 11.6 Å². The Morgan fingerprint density at radius 2 is 1.77 bits per heavy atom. The van der Waals surface area contributed by atoms with Crippen molar-refractivity contribution in [3.63, 3.8) is 0 Å². The van der Waals surface area contributed by atoms with Gasteiger partial charge in [-0.2, -0.15) is 0 Å². The first-order chi connectivity index (χ1) is 14.3. The van der Waals surface area contributed by atoms with Gasteiger partial charge in [-0.15, -0.1) is 0 Å². The first-order valence-corrected chi connectivity index (χ1v) is 11.9. The lowest BCUT2D eigenvalue weighted by Crippen LogP contribution is -2.26. The number of amides is 1. The topological polar surface area (TPSA) is 68.2 Å². The quantitative estimate of drug-likeness (QED) is 0.521. The number of halogens is 1. The van der Waals surface area contributed by atoms with E-state index >= 15 is 0 Å². The summed E-state index contributed by atoms with van der Waals surface area (Å²) < 4.78 is 26.5. The largest absolute Gasteiger partial charge is 0.352 e. The van der Waals surface area contributed by atoms with Gasteiger partial charge >= 0.3 is 0 Å². The molecule has 5 nitrogen and oxygen atoms in total. The summed E-state index contributed by atoms with van der Waals surface area (Å²) in [6.07, 6.45) is 0.369. The summed E-state index contributed by atoms with van der Waals surface area (Å²) in [4.78, 5) is 12.6. The molecule has 0 atom stereocenters. The third-order valence-corrected chi connectivity index (χ3v) is 6.81. The Labute approximate surface area is 182 Å². The molecule has 1 amide bonds. The minimum absolute atomic E-state index is 0.0164. The highest BCUT2D eigenvalue weighted by Gasteiger charge is 2.17. The summed E-state index contributed by atoms with van der Waals surface area (Å²) >= 11 is 6.10. The lowest BCUT2D eigenvalue weighted by molar-refractivity contribution is 0.0953. The summed E-state index contributed by atoms with van der Waals surface area (Å²) in [5.74, 6) is -0.163. The van der Waals surface area contributed by atoms with Crippen molar-refractivity contribution in [2.24, 2.45) is 0 Å². The maximum absolute atomic E-state index is 12.6. The summed E-state index contributed by atoms with van der Waals surface area (Å²) in [5.41, 5.74) is 3.97. The first kappa shape index (κ1) is 22.1. The van der Waals surface area contributed by atoms with E-state index in [9.17, 15) is 13.2 Å². The Balaban J connectivity index is 1.59. The van der Waals surface area contributed by atoms with Crippen LogP contribution in [0, 0.1) is 13.8 Å². The Kier molecular flexibility index (Phi) is 7.00. The molecular formula is C23H25ClN2O3S. The number of benzene rings is 2. The average Bonchev–Trinajstić information content (AvgIpc) is 3.00. The zero-order valence-corrected chi connectivity index (χ0v) is 18.6. The molecule has 0 spiro atoms. The molecular weight excluding hydrogens is 420 g/mol. The van der Waals surface area contributed by atoms with Crippen molar-refractivity contribution in [1.29, 1.82) is 0 Å². The van der Waals surface area contributed by atoms with Gasteiger partial charge in [0.15, 0.2) is 9.84 Å². The number of sulfone groups is 1. The van der Waals surface area contributed by atoms with Gasteiger partial charge in [-0.3, -0.25) is 4.79 Å². The van der Waals surface area contributed by atoms with Gasteiger partial charge in [-0.05, 0) is 50.1 Å². The molecule has 1 aromatic heterocycles. The van der Waals surface area contributed by atoms with Crippen LogP contribution in [0.5, 0.6) is 0 Å². The summed E-state index contributed by atoms with van der Waals surface area (Å²) in [5, 5.41) is 3.46.